The number of nitrogens with zero attached hydrogens (tertiary/aromatic N) is 1. The summed E-state index contributed by atoms with van der Waals surface area (Å²) in [5, 5.41) is 0. The molecule has 0 saturated heterocycles. The van der Waals surface area contributed by atoms with E-state index in [1.807, 2.05) is 0 Å². The first-order valence-corrected chi connectivity index (χ1v) is 9.80. The van der Waals surface area contributed by atoms with Crippen LogP contribution in [0.25, 0.3) is 0 Å². The lowest BCUT2D eigenvalue weighted by Gasteiger charge is -2.37. The predicted octanol–water partition coefficient (Wildman–Crippen LogP) is 3.53. The number of hydrogen-bond donors (Lipinski definition) is 1. The molecule has 2 aromatic rings. The summed E-state index contributed by atoms with van der Waals surface area (Å²) < 4.78 is 49.1. The van der Waals surface area contributed by atoms with Gasteiger partial charge in [-0.1, -0.05) is 12.1 Å². The Morgan fingerprint density at radius 1 is 1.25 bits per heavy atom. The van der Waals surface area contributed by atoms with Crippen LogP contribution in [-0.4, -0.2) is 27.4 Å². The summed E-state index contributed by atoms with van der Waals surface area (Å²) in [5.41, 5.74) is -1.25. The van der Waals surface area contributed by atoms with Crippen LogP contribution in [0.5, 0.6) is 0 Å². The van der Waals surface area contributed by atoms with Gasteiger partial charge in [-0.2, -0.15) is 0 Å². The van der Waals surface area contributed by atoms with E-state index in [0.717, 1.165) is 0 Å². The number of aryl methyl sites for hydroxylation is 1. The molecule has 0 aliphatic carbocycles. The Morgan fingerprint density at radius 3 is 2.46 bits per heavy atom. The number of pyridine rings is 1. The van der Waals surface area contributed by atoms with Gasteiger partial charge in [0.25, 0.3) is 0 Å². The van der Waals surface area contributed by atoms with Gasteiger partial charge in [-0.25, -0.2) is 8.78 Å². The standard InChI is InChI=1S/C20H24F2N2O3S/c1-13-8-9-14(11-16(13)22)20(12-17(25)27-5,24-28(26)19(2,3)4)18-15(21)7-6-10-23-18/h6-11,24H,12H2,1-5H3/t20-,28+/m0/s1. The van der Waals surface area contributed by atoms with Gasteiger partial charge in [-0.05, 0) is 57.0 Å². The van der Waals surface area contributed by atoms with Crippen LogP contribution in [0.1, 0.15) is 44.0 Å². The number of rotatable bonds is 6. The first-order valence-electron chi connectivity index (χ1n) is 8.65. The van der Waals surface area contributed by atoms with Crippen LogP contribution in [0.3, 0.4) is 0 Å². The molecule has 1 N–H and O–H groups in total. The second-order valence-electron chi connectivity index (χ2n) is 7.44. The zero-order valence-corrected chi connectivity index (χ0v) is 17.3. The molecular weight excluding hydrogens is 386 g/mol. The van der Waals surface area contributed by atoms with Gasteiger partial charge in [0.1, 0.15) is 27.6 Å². The number of halogens is 2. The fourth-order valence-electron chi connectivity index (χ4n) is 2.62. The Bertz CT molecular complexity index is 858. The Morgan fingerprint density at radius 2 is 1.93 bits per heavy atom. The summed E-state index contributed by atoms with van der Waals surface area (Å²) in [6, 6.07) is 6.85. The Labute approximate surface area is 166 Å². The van der Waals surface area contributed by atoms with Crippen molar-refractivity contribution < 1.29 is 22.9 Å². The smallest absolute Gasteiger partial charge is 0.308 e. The summed E-state index contributed by atoms with van der Waals surface area (Å²) in [7, 11) is 1.19. The summed E-state index contributed by atoms with van der Waals surface area (Å²) in [4.78, 5) is 16.4. The van der Waals surface area contributed by atoms with Gasteiger partial charge in [0.15, 0.2) is 0 Å². The van der Waals surface area contributed by atoms with Crippen molar-refractivity contribution in [3.05, 3.63) is 65.0 Å². The molecule has 8 heteroatoms. The third-order valence-electron chi connectivity index (χ3n) is 4.29. The van der Waals surface area contributed by atoms with E-state index < -0.39 is 45.7 Å². The van der Waals surface area contributed by atoms with Crippen LogP contribution in [0.4, 0.5) is 8.78 Å². The molecule has 28 heavy (non-hydrogen) atoms. The minimum Gasteiger partial charge on any atom is -0.598 e. The van der Waals surface area contributed by atoms with Gasteiger partial charge in [-0.15, -0.1) is 4.72 Å². The molecule has 0 spiro atoms. The number of nitrogens with one attached hydrogen (secondary N) is 1. The molecule has 5 nitrogen and oxygen atoms in total. The van der Waals surface area contributed by atoms with E-state index in [0.29, 0.717) is 5.56 Å². The molecule has 2 atom stereocenters. The zero-order chi connectivity index (χ0) is 21.1. The van der Waals surface area contributed by atoms with Gasteiger partial charge < -0.3 is 9.29 Å². The number of methoxy groups -OCH3 is 1. The number of benzene rings is 1. The molecule has 1 heterocycles. The highest BCUT2D eigenvalue weighted by Crippen LogP contribution is 2.37. The molecule has 1 aromatic heterocycles. The van der Waals surface area contributed by atoms with Crippen molar-refractivity contribution in [3.8, 4) is 0 Å². The number of esters is 1. The molecule has 0 saturated carbocycles. The zero-order valence-electron chi connectivity index (χ0n) is 16.5. The van der Waals surface area contributed by atoms with Crippen LogP contribution in [-0.2, 0) is 26.4 Å². The Hall–Kier alpha value is -2.03. The lowest BCUT2D eigenvalue weighted by atomic mass is 9.83. The highest BCUT2D eigenvalue weighted by Gasteiger charge is 2.47. The van der Waals surface area contributed by atoms with Gasteiger partial charge >= 0.3 is 5.97 Å². The van der Waals surface area contributed by atoms with Crippen LogP contribution >= 0.6 is 0 Å². The summed E-state index contributed by atoms with van der Waals surface area (Å²) >= 11 is -1.73. The van der Waals surface area contributed by atoms with Crippen molar-refractivity contribution in [1.82, 2.24) is 9.71 Å². The Balaban J connectivity index is 2.79. The third-order valence-corrected chi connectivity index (χ3v) is 5.93. The van der Waals surface area contributed by atoms with E-state index >= 15 is 0 Å². The molecule has 0 unspecified atom stereocenters. The summed E-state index contributed by atoms with van der Waals surface area (Å²) in [6.45, 7) is 6.76. The molecule has 0 aliphatic heterocycles. The SMILES string of the molecule is COC(=O)C[C@](N[S@+]([O-])C(C)(C)C)(c1ccc(C)c(F)c1)c1ncccc1F. The molecule has 0 bridgehead atoms. The summed E-state index contributed by atoms with van der Waals surface area (Å²) in [6.07, 6.45) is 0.929. The minimum atomic E-state index is -1.73. The molecule has 0 fully saturated rings. The lowest BCUT2D eigenvalue weighted by molar-refractivity contribution is -0.142. The largest absolute Gasteiger partial charge is 0.598 e. The highest BCUT2D eigenvalue weighted by molar-refractivity contribution is 7.90. The number of aromatic nitrogens is 1. The highest BCUT2D eigenvalue weighted by atomic mass is 32.2. The van der Waals surface area contributed by atoms with E-state index in [1.165, 1.54) is 37.6 Å². The van der Waals surface area contributed by atoms with Crippen molar-refractivity contribution in [2.45, 2.75) is 44.4 Å². The maximum Gasteiger partial charge on any atom is 0.308 e. The number of hydrogen-bond acceptors (Lipinski definition) is 5. The first-order chi connectivity index (χ1) is 13.0. The quantitative estimate of drug-likeness (QED) is 0.583. The lowest BCUT2D eigenvalue weighted by Crippen LogP contribution is -2.54. The van der Waals surface area contributed by atoms with Crippen LogP contribution in [0.2, 0.25) is 0 Å². The van der Waals surface area contributed by atoms with Gasteiger partial charge in [0, 0.05) is 17.6 Å². The van der Waals surface area contributed by atoms with Crippen molar-refractivity contribution in [1.29, 1.82) is 0 Å². The van der Waals surface area contributed by atoms with E-state index in [2.05, 4.69) is 9.71 Å². The van der Waals surface area contributed by atoms with Crippen molar-refractivity contribution in [3.63, 3.8) is 0 Å². The summed E-state index contributed by atoms with van der Waals surface area (Å²) in [5.74, 6) is -1.94. The van der Waals surface area contributed by atoms with Gasteiger partial charge in [0.2, 0.25) is 0 Å². The topological polar surface area (TPSA) is 74.3 Å². The molecule has 0 aliphatic rings. The first kappa shape index (κ1) is 22.3. The third kappa shape index (κ3) is 4.68. The molecule has 0 amide bonds. The van der Waals surface area contributed by atoms with Crippen LogP contribution in [0, 0.1) is 18.6 Å². The molecule has 1 aromatic carbocycles. The van der Waals surface area contributed by atoms with E-state index in [1.54, 1.807) is 33.8 Å². The van der Waals surface area contributed by atoms with E-state index in [9.17, 15) is 18.1 Å². The minimum absolute atomic E-state index is 0.166. The average Bonchev–Trinajstić information content (AvgIpc) is 2.62. The second-order valence-corrected chi connectivity index (χ2v) is 9.41. The second kappa shape index (κ2) is 8.55. The maximum absolute atomic E-state index is 14.8. The average molecular weight is 410 g/mol. The maximum atomic E-state index is 14.8. The number of carbonyl (C=O) groups is 1. The van der Waals surface area contributed by atoms with Crippen molar-refractivity contribution in [2.24, 2.45) is 0 Å². The monoisotopic (exact) mass is 410 g/mol. The predicted molar refractivity (Wildman–Crippen MR) is 104 cm³/mol. The van der Waals surface area contributed by atoms with Gasteiger partial charge in [0.05, 0.1) is 13.5 Å². The normalized spacial score (nSPS) is 15.0. The van der Waals surface area contributed by atoms with E-state index in [-0.39, 0.29) is 11.3 Å². The Kier molecular flexibility index (Phi) is 6.80. The van der Waals surface area contributed by atoms with Crippen LogP contribution < -0.4 is 4.72 Å². The number of carbonyl (C=O) groups excluding carboxylic acids is 1. The number of ether oxygens (including phenoxy) is 1. The van der Waals surface area contributed by atoms with Crippen LogP contribution in [0.15, 0.2) is 36.5 Å². The van der Waals surface area contributed by atoms with E-state index in [4.69, 9.17) is 4.74 Å². The molecular formula is C20H24F2N2O3S. The molecule has 2 rings (SSSR count). The van der Waals surface area contributed by atoms with Crippen molar-refractivity contribution in [2.75, 3.05) is 7.11 Å². The fourth-order valence-corrected chi connectivity index (χ4v) is 3.53. The molecule has 152 valence electrons. The van der Waals surface area contributed by atoms with Gasteiger partial charge in [-0.3, -0.25) is 9.78 Å². The fraction of sp³-hybridized carbons (Fsp3) is 0.400. The van der Waals surface area contributed by atoms with Crippen molar-refractivity contribution >= 4 is 17.3 Å². The molecule has 0 radical (unpaired) electrons.